The van der Waals surface area contributed by atoms with Crippen LogP contribution in [0, 0.1) is 0 Å². The molecule has 0 saturated heterocycles. The molecule has 0 bridgehead atoms. The molecule has 0 aliphatic rings. The Hall–Kier alpha value is -3.56. The zero-order valence-corrected chi connectivity index (χ0v) is 14.8. The van der Waals surface area contributed by atoms with Crippen LogP contribution in [-0.2, 0) is 0 Å². The zero-order chi connectivity index (χ0) is 21.9. The Labute approximate surface area is 165 Å². The zero-order valence-electron chi connectivity index (χ0n) is 14.8. The summed E-state index contributed by atoms with van der Waals surface area (Å²) in [6, 6.07) is 11.4. The molecule has 4 nitrogen and oxygen atoms in total. The summed E-state index contributed by atoms with van der Waals surface area (Å²) in [5, 5.41) is 0. The molecule has 156 valence electrons. The van der Waals surface area contributed by atoms with E-state index in [4.69, 9.17) is 0 Å². The lowest BCUT2D eigenvalue weighted by molar-refractivity contribution is -0.275. The van der Waals surface area contributed by atoms with Gasteiger partial charge < -0.3 is 9.47 Å². The van der Waals surface area contributed by atoms with Gasteiger partial charge in [-0.3, -0.25) is 9.78 Å². The number of pyridine rings is 1. The average molecular weight is 427 g/mol. The van der Waals surface area contributed by atoms with Crippen molar-refractivity contribution in [1.29, 1.82) is 0 Å². The van der Waals surface area contributed by atoms with Crippen LogP contribution in [0.15, 0.2) is 60.8 Å². The molecule has 0 N–H and O–H groups in total. The number of hydrogen-bond acceptors (Lipinski definition) is 4. The molecule has 3 rings (SSSR count). The molecule has 10 heteroatoms. The van der Waals surface area contributed by atoms with Crippen LogP contribution in [0.25, 0.3) is 22.3 Å². The van der Waals surface area contributed by atoms with Gasteiger partial charge in [0.15, 0.2) is 6.29 Å². The van der Waals surface area contributed by atoms with Gasteiger partial charge in [-0.25, -0.2) is 0 Å². The number of aldehydes is 1. The first-order chi connectivity index (χ1) is 14.0. The fourth-order valence-corrected chi connectivity index (χ4v) is 2.64. The number of carbonyl (C=O) groups excluding carboxylic acids is 1. The number of carbonyl (C=O) groups is 1. The van der Waals surface area contributed by atoms with Crippen LogP contribution in [0.2, 0.25) is 0 Å². The van der Waals surface area contributed by atoms with E-state index < -0.39 is 24.2 Å². The van der Waals surface area contributed by atoms with Gasteiger partial charge in [0, 0.05) is 17.3 Å². The van der Waals surface area contributed by atoms with E-state index in [1.165, 1.54) is 30.5 Å². The second kappa shape index (κ2) is 8.05. The molecule has 1 aromatic heterocycles. The number of benzene rings is 2. The smallest absolute Gasteiger partial charge is 0.406 e. The molecule has 0 radical (unpaired) electrons. The molecule has 0 fully saturated rings. The van der Waals surface area contributed by atoms with Crippen molar-refractivity contribution < 1.29 is 40.6 Å². The van der Waals surface area contributed by atoms with Gasteiger partial charge in [-0.1, -0.05) is 24.3 Å². The highest BCUT2D eigenvalue weighted by molar-refractivity contribution is 5.87. The summed E-state index contributed by atoms with van der Waals surface area (Å²) in [6.07, 6.45) is -7.81. The quantitative estimate of drug-likeness (QED) is 0.369. The van der Waals surface area contributed by atoms with Crippen LogP contribution >= 0.6 is 0 Å². The van der Waals surface area contributed by atoms with Crippen molar-refractivity contribution in [3.05, 3.63) is 66.5 Å². The van der Waals surface area contributed by atoms with Crippen molar-refractivity contribution in [1.82, 2.24) is 4.98 Å². The Morgan fingerprint density at radius 1 is 0.700 bits per heavy atom. The van der Waals surface area contributed by atoms with E-state index in [1.54, 1.807) is 6.07 Å². The van der Waals surface area contributed by atoms with E-state index in [2.05, 4.69) is 14.5 Å². The molecular weight excluding hydrogens is 416 g/mol. The maximum Gasteiger partial charge on any atom is 0.573 e. The molecule has 0 unspecified atom stereocenters. The third-order valence-electron chi connectivity index (χ3n) is 3.85. The first kappa shape index (κ1) is 21.2. The summed E-state index contributed by atoms with van der Waals surface area (Å²) in [5.41, 5.74) is 1.74. The molecule has 0 atom stereocenters. The SMILES string of the molecule is O=Cc1ncc(-c2ccc(OC(F)(F)F)cc2)cc1-c1ccc(OC(F)(F)F)cc1. The van der Waals surface area contributed by atoms with E-state index in [-0.39, 0.29) is 5.69 Å². The van der Waals surface area contributed by atoms with E-state index in [0.717, 1.165) is 24.3 Å². The monoisotopic (exact) mass is 427 g/mol. The number of aromatic nitrogens is 1. The third kappa shape index (κ3) is 5.49. The number of ether oxygens (including phenoxy) is 2. The molecule has 0 saturated carbocycles. The van der Waals surface area contributed by atoms with Crippen molar-refractivity contribution in [2.75, 3.05) is 0 Å². The van der Waals surface area contributed by atoms with Gasteiger partial charge in [0.25, 0.3) is 0 Å². The van der Waals surface area contributed by atoms with Gasteiger partial charge in [-0.15, -0.1) is 26.3 Å². The predicted molar refractivity (Wildman–Crippen MR) is 93.9 cm³/mol. The molecule has 30 heavy (non-hydrogen) atoms. The Kier molecular flexibility index (Phi) is 5.68. The number of rotatable bonds is 5. The standard InChI is InChI=1S/C20H11F6NO3/c21-19(22,23)29-15-5-1-12(2-6-15)14-9-17(18(11-28)27-10-14)13-3-7-16(8-4-13)30-20(24,25)26/h1-11H. The fraction of sp³-hybridized carbons (Fsp3) is 0.100. The van der Waals surface area contributed by atoms with Gasteiger partial charge >= 0.3 is 12.7 Å². The van der Waals surface area contributed by atoms with Gasteiger partial charge in [0.1, 0.15) is 17.2 Å². The summed E-state index contributed by atoms with van der Waals surface area (Å²) >= 11 is 0. The van der Waals surface area contributed by atoms with Crippen LogP contribution < -0.4 is 9.47 Å². The largest absolute Gasteiger partial charge is 0.573 e. The van der Waals surface area contributed by atoms with Crippen molar-refractivity contribution in [2.24, 2.45) is 0 Å². The minimum atomic E-state index is -4.83. The highest BCUT2D eigenvalue weighted by Gasteiger charge is 2.31. The lowest BCUT2D eigenvalue weighted by atomic mass is 9.99. The third-order valence-corrected chi connectivity index (χ3v) is 3.85. The van der Waals surface area contributed by atoms with Crippen LogP contribution in [0.5, 0.6) is 11.5 Å². The maximum absolute atomic E-state index is 12.3. The van der Waals surface area contributed by atoms with Crippen molar-refractivity contribution in [3.8, 4) is 33.8 Å². The fourth-order valence-electron chi connectivity index (χ4n) is 2.64. The van der Waals surface area contributed by atoms with Crippen molar-refractivity contribution in [2.45, 2.75) is 12.7 Å². The van der Waals surface area contributed by atoms with Crippen LogP contribution in [0.1, 0.15) is 10.5 Å². The number of halogens is 6. The first-order valence-corrected chi connectivity index (χ1v) is 8.22. The summed E-state index contributed by atoms with van der Waals surface area (Å²) in [5.74, 6) is -0.826. The number of hydrogen-bond donors (Lipinski definition) is 0. The van der Waals surface area contributed by atoms with Gasteiger partial charge in [-0.2, -0.15) is 0 Å². The molecule has 0 aliphatic heterocycles. The normalized spacial score (nSPS) is 11.8. The van der Waals surface area contributed by atoms with E-state index >= 15 is 0 Å². The van der Waals surface area contributed by atoms with Crippen LogP contribution in [-0.4, -0.2) is 24.0 Å². The van der Waals surface area contributed by atoms with Crippen molar-refractivity contribution in [3.63, 3.8) is 0 Å². The maximum atomic E-state index is 12.3. The number of nitrogens with zero attached hydrogens (tertiary/aromatic N) is 1. The molecule has 3 aromatic rings. The van der Waals surface area contributed by atoms with Gasteiger partial charge in [-0.05, 0) is 41.5 Å². The Morgan fingerprint density at radius 2 is 1.17 bits per heavy atom. The lowest BCUT2D eigenvalue weighted by Gasteiger charge is -2.12. The second-order valence-corrected chi connectivity index (χ2v) is 5.92. The van der Waals surface area contributed by atoms with Gasteiger partial charge in [0.05, 0.1) is 0 Å². The Bertz CT molecular complexity index is 1030. The molecule has 0 aliphatic carbocycles. The lowest BCUT2D eigenvalue weighted by Crippen LogP contribution is -2.16. The molecule has 0 spiro atoms. The minimum absolute atomic E-state index is 0.0419. The molecule has 2 aromatic carbocycles. The molecule has 1 heterocycles. The van der Waals surface area contributed by atoms with E-state index in [9.17, 15) is 31.1 Å². The second-order valence-electron chi connectivity index (χ2n) is 5.92. The Morgan fingerprint density at radius 3 is 1.60 bits per heavy atom. The topological polar surface area (TPSA) is 48.4 Å². The summed E-state index contributed by atoms with van der Waals surface area (Å²) in [7, 11) is 0. The van der Waals surface area contributed by atoms with E-state index in [0.29, 0.717) is 28.5 Å². The highest BCUT2D eigenvalue weighted by atomic mass is 19.4. The summed E-state index contributed by atoms with van der Waals surface area (Å²) < 4.78 is 81.3. The highest BCUT2D eigenvalue weighted by Crippen LogP contribution is 2.31. The van der Waals surface area contributed by atoms with Crippen molar-refractivity contribution >= 4 is 6.29 Å². The van der Waals surface area contributed by atoms with Crippen LogP contribution in [0.3, 0.4) is 0 Å². The van der Waals surface area contributed by atoms with E-state index in [1.807, 2.05) is 0 Å². The predicted octanol–water partition coefficient (Wildman–Crippen LogP) is 6.03. The van der Waals surface area contributed by atoms with Gasteiger partial charge in [0.2, 0.25) is 0 Å². The molecule has 0 amide bonds. The Balaban J connectivity index is 1.91. The van der Waals surface area contributed by atoms with Crippen LogP contribution in [0.4, 0.5) is 26.3 Å². The molecular formula is C20H11F6NO3. The summed E-state index contributed by atoms with van der Waals surface area (Å²) in [6.45, 7) is 0. The average Bonchev–Trinajstić information content (AvgIpc) is 2.66. The summed E-state index contributed by atoms with van der Waals surface area (Å²) in [4.78, 5) is 15.3. The first-order valence-electron chi connectivity index (χ1n) is 8.22. The number of alkyl halides is 6. The minimum Gasteiger partial charge on any atom is -0.406 e.